The molecular weight excluding hydrogens is 432 g/mol. The van der Waals surface area contributed by atoms with E-state index < -0.39 is 29.1 Å². The minimum atomic E-state index is -1.17. The number of hydrogen-bond acceptors (Lipinski definition) is 4. The number of benzene rings is 2. The maximum atomic E-state index is 13.1. The quantitative estimate of drug-likeness (QED) is 0.597. The van der Waals surface area contributed by atoms with Crippen LogP contribution in [0.2, 0.25) is 0 Å². The summed E-state index contributed by atoms with van der Waals surface area (Å²) in [6, 6.07) is 15.9. The Kier molecular flexibility index (Phi) is 5.58. The molecule has 0 aromatic heterocycles. The lowest BCUT2D eigenvalue weighted by Gasteiger charge is -2.41. The Balaban J connectivity index is 1.24. The van der Waals surface area contributed by atoms with Crippen molar-refractivity contribution in [1.82, 2.24) is 10.6 Å². The van der Waals surface area contributed by atoms with Gasteiger partial charge in [-0.05, 0) is 61.3 Å². The largest absolute Gasteiger partial charge is 0.480 e. The van der Waals surface area contributed by atoms with Gasteiger partial charge in [-0.15, -0.1) is 0 Å². The SMILES string of the molecule is CC1(C(=O)NC2(C(=O)O)CCC2)CCCC1NC(=O)OCC1c2ccccc2-c2ccccc21. The van der Waals surface area contributed by atoms with E-state index in [1.165, 1.54) is 0 Å². The molecule has 2 atom stereocenters. The number of carboxylic acids is 1. The molecule has 2 unspecified atom stereocenters. The fourth-order valence-corrected chi connectivity index (χ4v) is 5.73. The molecule has 2 saturated carbocycles. The Morgan fingerprint density at radius 3 is 2.15 bits per heavy atom. The van der Waals surface area contributed by atoms with Gasteiger partial charge in [0.25, 0.3) is 0 Å². The number of ether oxygens (including phenoxy) is 1. The summed E-state index contributed by atoms with van der Waals surface area (Å²) in [5.74, 6) is -1.34. The second-order valence-electron chi connectivity index (χ2n) is 10.0. The first-order chi connectivity index (χ1) is 16.3. The topological polar surface area (TPSA) is 105 Å². The van der Waals surface area contributed by atoms with Crippen LogP contribution in [0.5, 0.6) is 0 Å². The van der Waals surface area contributed by atoms with Crippen molar-refractivity contribution in [1.29, 1.82) is 0 Å². The number of aliphatic carboxylic acids is 1. The van der Waals surface area contributed by atoms with Crippen molar-refractivity contribution in [3.8, 4) is 11.1 Å². The lowest BCUT2D eigenvalue weighted by Crippen LogP contribution is -2.63. The van der Waals surface area contributed by atoms with Crippen LogP contribution in [0.4, 0.5) is 4.79 Å². The van der Waals surface area contributed by atoms with Gasteiger partial charge in [-0.1, -0.05) is 55.0 Å². The number of carbonyl (C=O) groups excluding carboxylic acids is 2. The van der Waals surface area contributed by atoms with E-state index in [9.17, 15) is 19.5 Å². The van der Waals surface area contributed by atoms with Gasteiger partial charge in [0.05, 0.1) is 5.41 Å². The van der Waals surface area contributed by atoms with Gasteiger partial charge in [-0.25, -0.2) is 9.59 Å². The summed E-state index contributed by atoms with van der Waals surface area (Å²) in [4.78, 5) is 37.6. The summed E-state index contributed by atoms with van der Waals surface area (Å²) in [5, 5.41) is 15.3. The number of alkyl carbamates (subject to hydrolysis) is 1. The van der Waals surface area contributed by atoms with Crippen LogP contribution in [0.25, 0.3) is 11.1 Å². The van der Waals surface area contributed by atoms with Crippen molar-refractivity contribution in [3.05, 3.63) is 59.7 Å². The predicted molar refractivity (Wildman–Crippen MR) is 126 cm³/mol. The van der Waals surface area contributed by atoms with Crippen LogP contribution >= 0.6 is 0 Å². The van der Waals surface area contributed by atoms with Crippen molar-refractivity contribution in [2.45, 2.75) is 62.9 Å². The highest BCUT2D eigenvalue weighted by Crippen LogP contribution is 2.45. The number of rotatable bonds is 6. The van der Waals surface area contributed by atoms with Gasteiger partial charge in [0.1, 0.15) is 12.1 Å². The van der Waals surface area contributed by atoms with Crippen molar-refractivity contribution >= 4 is 18.0 Å². The standard InChI is InChI=1S/C27H30N2O5/c1-26(23(30)29-27(24(31)32)14-7-15-27)13-6-12-22(26)28-25(33)34-16-21-19-10-4-2-8-17(19)18-9-3-5-11-20(18)21/h2-5,8-11,21-22H,6-7,12-16H2,1H3,(H,28,33)(H,29,30)(H,31,32). The normalized spacial score (nSPS) is 24.4. The molecule has 7 heteroatoms. The maximum Gasteiger partial charge on any atom is 0.407 e. The minimum absolute atomic E-state index is 0.0366. The lowest BCUT2D eigenvalue weighted by molar-refractivity contribution is -0.153. The summed E-state index contributed by atoms with van der Waals surface area (Å²) in [6.07, 6.45) is 3.12. The molecule has 0 bridgehead atoms. The molecule has 5 rings (SSSR count). The van der Waals surface area contributed by atoms with E-state index >= 15 is 0 Å². The zero-order valence-electron chi connectivity index (χ0n) is 19.3. The van der Waals surface area contributed by atoms with Crippen LogP contribution in [-0.2, 0) is 14.3 Å². The number of carboxylic acid groups (broad SMARTS) is 1. The monoisotopic (exact) mass is 462 g/mol. The molecule has 0 saturated heterocycles. The third-order valence-electron chi connectivity index (χ3n) is 8.08. The summed E-state index contributed by atoms with van der Waals surface area (Å²) in [5.41, 5.74) is 2.56. The van der Waals surface area contributed by atoms with E-state index in [1.807, 2.05) is 24.3 Å². The van der Waals surface area contributed by atoms with Gasteiger partial charge in [0.15, 0.2) is 0 Å². The third-order valence-corrected chi connectivity index (χ3v) is 8.08. The van der Waals surface area contributed by atoms with Gasteiger partial charge >= 0.3 is 12.1 Å². The Labute approximate surface area is 198 Å². The van der Waals surface area contributed by atoms with Crippen molar-refractivity contribution in [2.75, 3.05) is 6.61 Å². The van der Waals surface area contributed by atoms with Gasteiger partial charge in [-0.3, -0.25) is 4.79 Å². The van der Waals surface area contributed by atoms with Crippen LogP contribution in [0.3, 0.4) is 0 Å². The van der Waals surface area contributed by atoms with E-state index in [2.05, 4.69) is 34.9 Å². The molecule has 3 aliphatic carbocycles. The summed E-state index contributed by atoms with van der Waals surface area (Å²) in [6.45, 7) is 2.01. The second-order valence-corrected chi connectivity index (χ2v) is 10.0. The molecule has 34 heavy (non-hydrogen) atoms. The first-order valence-electron chi connectivity index (χ1n) is 12.0. The van der Waals surface area contributed by atoms with E-state index in [-0.39, 0.29) is 18.4 Å². The Morgan fingerprint density at radius 2 is 1.59 bits per heavy atom. The number of fused-ring (bicyclic) bond motifs is 3. The van der Waals surface area contributed by atoms with Crippen LogP contribution in [0.1, 0.15) is 62.5 Å². The van der Waals surface area contributed by atoms with Gasteiger partial charge < -0.3 is 20.5 Å². The molecule has 0 radical (unpaired) electrons. The van der Waals surface area contributed by atoms with Crippen LogP contribution in [0.15, 0.2) is 48.5 Å². The molecule has 0 heterocycles. The highest BCUT2D eigenvalue weighted by molar-refractivity contribution is 5.91. The fourth-order valence-electron chi connectivity index (χ4n) is 5.73. The van der Waals surface area contributed by atoms with E-state index in [0.29, 0.717) is 25.7 Å². The lowest BCUT2D eigenvalue weighted by atomic mass is 9.74. The molecule has 0 spiro atoms. The van der Waals surface area contributed by atoms with Gasteiger partial charge in [-0.2, -0.15) is 0 Å². The zero-order chi connectivity index (χ0) is 23.9. The number of amides is 2. The number of carbonyl (C=O) groups is 3. The van der Waals surface area contributed by atoms with Crippen LogP contribution < -0.4 is 10.6 Å². The molecule has 178 valence electrons. The van der Waals surface area contributed by atoms with Crippen molar-refractivity contribution in [2.24, 2.45) is 5.41 Å². The average molecular weight is 463 g/mol. The Hall–Kier alpha value is -3.35. The van der Waals surface area contributed by atoms with E-state index in [0.717, 1.165) is 35.1 Å². The minimum Gasteiger partial charge on any atom is -0.480 e. The smallest absolute Gasteiger partial charge is 0.407 e. The molecule has 0 aliphatic heterocycles. The number of hydrogen-bond donors (Lipinski definition) is 3. The molecular formula is C27H30N2O5. The van der Waals surface area contributed by atoms with E-state index in [4.69, 9.17) is 4.74 Å². The average Bonchev–Trinajstić information content (AvgIpc) is 3.33. The van der Waals surface area contributed by atoms with Crippen molar-refractivity contribution < 1.29 is 24.2 Å². The molecule has 2 aromatic rings. The molecule has 3 N–H and O–H groups in total. The number of nitrogens with one attached hydrogen (secondary N) is 2. The molecule has 2 aromatic carbocycles. The van der Waals surface area contributed by atoms with Crippen molar-refractivity contribution in [3.63, 3.8) is 0 Å². The summed E-state index contributed by atoms with van der Waals surface area (Å²) < 4.78 is 5.67. The van der Waals surface area contributed by atoms with E-state index in [1.54, 1.807) is 6.92 Å². The molecule has 3 aliphatic rings. The molecule has 2 amide bonds. The predicted octanol–water partition coefficient (Wildman–Crippen LogP) is 4.21. The zero-order valence-corrected chi connectivity index (χ0v) is 19.3. The first kappa shape index (κ1) is 22.4. The second kappa shape index (κ2) is 8.46. The third kappa shape index (κ3) is 3.63. The summed E-state index contributed by atoms with van der Waals surface area (Å²) in [7, 11) is 0. The maximum absolute atomic E-state index is 13.1. The Morgan fingerprint density at radius 1 is 0.971 bits per heavy atom. The highest BCUT2D eigenvalue weighted by atomic mass is 16.5. The van der Waals surface area contributed by atoms with Gasteiger partial charge in [0, 0.05) is 12.0 Å². The molecule has 2 fully saturated rings. The van der Waals surface area contributed by atoms with Gasteiger partial charge in [0.2, 0.25) is 5.91 Å². The summed E-state index contributed by atoms with van der Waals surface area (Å²) >= 11 is 0. The van der Waals surface area contributed by atoms with Crippen LogP contribution in [0, 0.1) is 5.41 Å². The highest BCUT2D eigenvalue weighted by Gasteiger charge is 2.52. The molecule has 7 nitrogen and oxygen atoms in total. The van der Waals surface area contributed by atoms with Crippen LogP contribution in [-0.4, -0.2) is 41.3 Å². The first-order valence-corrected chi connectivity index (χ1v) is 12.0. The Bertz CT molecular complexity index is 1100. The fraction of sp³-hybridized carbons (Fsp3) is 0.444.